The first-order chi connectivity index (χ1) is 18.4. The van der Waals surface area contributed by atoms with Gasteiger partial charge in [-0.05, 0) is 84.5 Å². The number of aliphatic imine (C=N–C) groups is 1. The topological polar surface area (TPSA) is 107 Å². The van der Waals surface area contributed by atoms with Crippen LogP contribution in [0.4, 0.5) is 10.1 Å². The summed E-state index contributed by atoms with van der Waals surface area (Å²) in [7, 11) is 0. The quantitative estimate of drug-likeness (QED) is 0.578. The van der Waals surface area contributed by atoms with Crippen molar-refractivity contribution in [3.63, 3.8) is 0 Å². The number of hydrogen-bond acceptors (Lipinski definition) is 5. The van der Waals surface area contributed by atoms with Crippen LogP contribution in [0.15, 0.2) is 81.7 Å². The number of ether oxygens (including phenoxy) is 1. The zero-order valence-corrected chi connectivity index (χ0v) is 20.5. The molecule has 0 fully saturated rings. The summed E-state index contributed by atoms with van der Waals surface area (Å²) >= 11 is 0. The number of halogens is 1. The van der Waals surface area contributed by atoms with E-state index < -0.39 is 17.3 Å². The Hall–Kier alpha value is -4.53. The van der Waals surface area contributed by atoms with E-state index >= 15 is 0 Å². The van der Waals surface area contributed by atoms with Crippen molar-refractivity contribution in [2.75, 3.05) is 18.1 Å². The van der Waals surface area contributed by atoms with E-state index in [1.807, 2.05) is 12.1 Å². The van der Waals surface area contributed by atoms with Crippen LogP contribution in [0.1, 0.15) is 36.4 Å². The fourth-order valence-electron chi connectivity index (χ4n) is 5.44. The van der Waals surface area contributed by atoms with Gasteiger partial charge in [0, 0.05) is 36.1 Å². The normalized spacial score (nSPS) is 18.9. The van der Waals surface area contributed by atoms with Crippen molar-refractivity contribution in [2.45, 2.75) is 31.7 Å². The molecule has 0 spiro atoms. The van der Waals surface area contributed by atoms with Gasteiger partial charge in [0.25, 0.3) is 17.4 Å². The van der Waals surface area contributed by atoms with Crippen molar-refractivity contribution in [2.24, 2.45) is 10.7 Å². The van der Waals surface area contributed by atoms with Crippen molar-refractivity contribution in [3.8, 4) is 11.4 Å². The average Bonchev–Trinajstić information content (AvgIpc) is 3.30. The molecule has 2 aromatic carbocycles. The van der Waals surface area contributed by atoms with E-state index in [1.54, 1.807) is 29.2 Å². The van der Waals surface area contributed by atoms with E-state index in [9.17, 15) is 18.8 Å². The number of aromatic nitrogens is 1. The van der Waals surface area contributed by atoms with Crippen LogP contribution in [0.2, 0.25) is 0 Å². The summed E-state index contributed by atoms with van der Waals surface area (Å²) in [6.07, 6.45) is 3.79. The van der Waals surface area contributed by atoms with Crippen LogP contribution in [0.3, 0.4) is 0 Å². The molecule has 0 bridgehead atoms. The Labute approximate surface area is 217 Å². The van der Waals surface area contributed by atoms with Gasteiger partial charge in [-0.15, -0.1) is 0 Å². The van der Waals surface area contributed by atoms with Crippen molar-refractivity contribution in [3.05, 3.63) is 99.2 Å². The number of pyridine rings is 1. The third-order valence-corrected chi connectivity index (χ3v) is 7.36. The molecule has 3 aromatic rings. The summed E-state index contributed by atoms with van der Waals surface area (Å²) in [6.45, 7) is 1.00. The molecule has 8 nitrogen and oxygen atoms in total. The molecular formula is C29H25FN4O4. The predicted molar refractivity (Wildman–Crippen MR) is 140 cm³/mol. The molecule has 192 valence electrons. The Balaban J connectivity index is 1.28. The minimum absolute atomic E-state index is 0.174. The number of benzene rings is 2. The molecular weight excluding hydrogens is 487 g/mol. The Morgan fingerprint density at radius 2 is 1.79 bits per heavy atom. The van der Waals surface area contributed by atoms with Gasteiger partial charge in [0.1, 0.15) is 11.5 Å². The second kappa shape index (κ2) is 9.41. The predicted octanol–water partition coefficient (Wildman–Crippen LogP) is 3.41. The van der Waals surface area contributed by atoms with Gasteiger partial charge < -0.3 is 15.4 Å². The lowest BCUT2D eigenvalue weighted by molar-refractivity contribution is -0.115. The van der Waals surface area contributed by atoms with Gasteiger partial charge in [0.05, 0.1) is 12.6 Å². The van der Waals surface area contributed by atoms with E-state index in [1.165, 1.54) is 16.8 Å². The molecule has 3 aliphatic heterocycles. The fraction of sp³-hybridized carbons (Fsp3) is 0.241. The summed E-state index contributed by atoms with van der Waals surface area (Å²) in [5.74, 6) is -0.800. The summed E-state index contributed by atoms with van der Waals surface area (Å²) in [5, 5.41) is 0. The smallest absolute Gasteiger partial charge is 0.291 e. The fourth-order valence-corrected chi connectivity index (χ4v) is 5.44. The molecule has 6 rings (SSSR count). The van der Waals surface area contributed by atoms with Crippen LogP contribution in [0.5, 0.6) is 5.75 Å². The van der Waals surface area contributed by atoms with Crippen molar-refractivity contribution in [1.82, 2.24) is 4.57 Å². The monoisotopic (exact) mass is 512 g/mol. The van der Waals surface area contributed by atoms with Crippen LogP contribution >= 0.6 is 0 Å². The number of anilines is 1. The lowest BCUT2D eigenvalue weighted by Crippen LogP contribution is -2.40. The lowest BCUT2D eigenvalue weighted by Gasteiger charge is -2.30. The van der Waals surface area contributed by atoms with Gasteiger partial charge in [0.2, 0.25) is 0 Å². The number of nitrogens with two attached hydrogens (primary N) is 1. The summed E-state index contributed by atoms with van der Waals surface area (Å²) < 4.78 is 20.5. The van der Waals surface area contributed by atoms with E-state index in [2.05, 4.69) is 6.07 Å². The molecule has 0 aliphatic carbocycles. The molecule has 1 aromatic heterocycles. The van der Waals surface area contributed by atoms with Gasteiger partial charge in [-0.1, -0.05) is 6.07 Å². The molecule has 1 atom stereocenters. The molecule has 1 unspecified atom stereocenters. The standard InChI is InChI=1S/C29H25FN4O4/c30-23-2-1-13-33(29(23)37)19-4-6-20(7-5-19)34-14-11-21-22(28(34)36)8-9-24(32-26(21)27(31)35)17-3-10-25-18(16-17)12-15-38-25/h1-7,10,13,16,24H,8-9,11-12,14-15H2,(H2,31,35). The number of fused-ring (bicyclic) bond motifs is 1. The van der Waals surface area contributed by atoms with Gasteiger partial charge in [-0.25, -0.2) is 4.39 Å². The van der Waals surface area contributed by atoms with E-state index in [4.69, 9.17) is 15.5 Å². The van der Waals surface area contributed by atoms with Crippen molar-refractivity contribution in [1.29, 1.82) is 0 Å². The maximum atomic E-state index is 13.7. The van der Waals surface area contributed by atoms with Crippen LogP contribution in [0.25, 0.3) is 5.69 Å². The third-order valence-electron chi connectivity index (χ3n) is 7.36. The largest absolute Gasteiger partial charge is 0.493 e. The number of hydrogen-bond donors (Lipinski definition) is 1. The van der Waals surface area contributed by atoms with Crippen LogP contribution in [0, 0.1) is 5.82 Å². The zero-order chi connectivity index (χ0) is 26.4. The minimum atomic E-state index is -0.839. The molecule has 38 heavy (non-hydrogen) atoms. The Bertz CT molecular complexity index is 1590. The Morgan fingerprint density at radius 3 is 2.58 bits per heavy atom. The summed E-state index contributed by atoms with van der Waals surface area (Å²) in [4.78, 5) is 44.7. The highest BCUT2D eigenvalue weighted by Crippen LogP contribution is 2.37. The lowest BCUT2D eigenvalue weighted by atomic mass is 9.91. The molecule has 9 heteroatoms. The van der Waals surface area contributed by atoms with Gasteiger partial charge in [0.15, 0.2) is 5.82 Å². The number of primary amides is 1. The summed E-state index contributed by atoms with van der Waals surface area (Å²) in [5.41, 5.74) is 9.58. The van der Waals surface area contributed by atoms with Gasteiger partial charge >= 0.3 is 0 Å². The molecule has 3 aliphatic rings. The minimum Gasteiger partial charge on any atom is -0.493 e. The third kappa shape index (κ3) is 4.09. The van der Waals surface area contributed by atoms with Crippen LogP contribution < -0.4 is 20.9 Å². The highest BCUT2D eigenvalue weighted by molar-refractivity contribution is 6.46. The highest BCUT2D eigenvalue weighted by atomic mass is 19.1. The first-order valence-corrected chi connectivity index (χ1v) is 12.6. The average molecular weight is 513 g/mol. The van der Waals surface area contributed by atoms with E-state index in [0.717, 1.165) is 29.4 Å². The number of amides is 2. The SMILES string of the molecule is NC(=O)C1=NC(c2ccc3c(c2)CCO3)CCC2=C1CCN(c1ccc(-n3cccc(F)c3=O)cc1)C2=O. The maximum Gasteiger partial charge on any atom is 0.291 e. The number of carbonyl (C=O) groups is 2. The van der Waals surface area contributed by atoms with Gasteiger partial charge in [-0.2, -0.15) is 0 Å². The maximum absolute atomic E-state index is 13.7. The Morgan fingerprint density at radius 1 is 1.00 bits per heavy atom. The first-order valence-electron chi connectivity index (χ1n) is 12.6. The number of rotatable bonds is 4. The second-order valence-electron chi connectivity index (χ2n) is 9.57. The molecule has 2 amide bonds. The number of nitrogens with zero attached hydrogens (tertiary/aromatic N) is 3. The molecule has 4 heterocycles. The highest BCUT2D eigenvalue weighted by Gasteiger charge is 2.34. The molecule has 0 saturated carbocycles. The molecule has 0 radical (unpaired) electrons. The van der Waals surface area contributed by atoms with Crippen molar-refractivity contribution >= 4 is 23.2 Å². The first kappa shape index (κ1) is 23.8. The molecule has 0 saturated heterocycles. The van der Waals surface area contributed by atoms with Crippen LogP contribution in [-0.2, 0) is 16.0 Å². The van der Waals surface area contributed by atoms with E-state index in [0.29, 0.717) is 54.9 Å². The zero-order valence-electron chi connectivity index (χ0n) is 20.5. The van der Waals surface area contributed by atoms with Gasteiger partial charge in [-0.3, -0.25) is 23.9 Å². The van der Waals surface area contributed by atoms with Crippen molar-refractivity contribution < 1.29 is 18.7 Å². The van der Waals surface area contributed by atoms with E-state index in [-0.39, 0.29) is 17.7 Å². The summed E-state index contributed by atoms with van der Waals surface area (Å²) in [6, 6.07) is 15.0. The number of carbonyl (C=O) groups excluding carboxylic acids is 2. The Kier molecular flexibility index (Phi) is 5.90. The van der Waals surface area contributed by atoms with Crippen LogP contribution in [-0.4, -0.2) is 35.2 Å². The second-order valence-corrected chi connectivity index (χ2v) is 9.57. The molecule has 2 N–H and O–H groups in total.